The predicted octanol–water partition coefficient (Wildman–Crippen LogP) is 1.92. The maximum absolute atomic E-state index is 13.0. The first-order valence-electron chi connectivity index (χ1n) is 6.76. The van der Waals surface area contributed by atoms with E-state index in [1.807, 2.05) is 0 Å². The number of benzene rings is 1. The molecule has 0 spiro atoms. The van der Waals surface area contributed by atoms with Gasteiger partial charge in [-0.1, -0.05) is 11.6 Å². The quantitative estimate of drug-likeness (QED) is 0.846. The molecule has 1 aromatic carbocycles. The Morgan fingerprint density at radius 1 is 1.27 bits per heavy atom. The van der Waals surface area contributed by atoms with Crippen LogP contribution in [0.4, 0.5) is 0 Å². The number of halogens is 1. The van der Waals surface area contributed by atoms with E-state index in [-0.39, 0.29) is 5.91 Å². The van der Waals surface area contributed by atoms with Gasteiger partial charge in [-0.2, -0.15) is 0 Å². The van der Waals surface area contributed by atoms with Gasteiger partial charge in [0.2, 0.25) is 0 Å². The summed E-state index contributed by atoms with van der Waals surface area (Å²) in [6, 6.07) is 3.28. The minimum atomic E-state index is -0.258. The van der Waals surface area contributed by atoms with Crippen LogP contribution in [0.5, 0.6) is 11.5 Å². The highest BCUT2D eigenvalue weighted by molar-refractivity contribution is 7.80. The van der Waals surface area contributed by atoms with Gasteiger partial charge in [-0.25, -0.2) is 5.01 Å². The number of amides is 1. The molecule has 0 aliphatic carbocycles. The van der Waals surface area contributed by atoms with E-state index in [2.05, 4.69) is 5.32 Å². The van der Waals surface area contributed by atoms with E-state index in [9.17, 15) is 4.79 Å². The molecule has 0 atom stereocenters. The number of hydrazine groups is 1. The van der Waals surface area contributed by atoms with Crippen LogP contribution in [0.25, 0.3) is 0 Å². The van der Waals surface area contributed by atoms with Crippen LogP contribution in [0.3, 0.4) is 0 Å². The van der Waals surface area contributed by atoms with Gasteiger partial charge < -0.3 is 14.8 Å². The third-order valence-corrected chi connectivity index (χ3v) is 4.14. The van der Waals surface area contributed by atoms with Crippen LogP contribution in [0.2, 0.25) is 5.02 Å². The summed E-state index contributed by atoms with van der Waals surface area (Å²) in [6.07, 6.45) is 0.832. The van der Waals surface area contributed by atoms with Gasteiger partial charge in [0.15, 0.2) is 10.9 Å². The molecule has 1 N–H and O–H groups in total. The third kappa shape index (κ3) is 2.91. The Bertz CT molecular complexity index is 597. The molecule has 2 rings (SSSR count). The maximum atomic E-state index is 13.0. The molecule has 1 saturated heterocycles. The van der Waals surface area contributed by atoms with Crippen molar-refractivity contribution in [3.05, 3.63) is 22.7 Å². The minimum absolute atomic E-state index is 0.258. The summed E-state index contributed by atoms with van der Waals surface area (Å²) in [6.45, 7) is 1.25. The second-order valence-corrected chi connectivity index (χ2v) is 5.41. The number of hydrogen-bond donors (Lipinski definition) is 1. The lowest BCUT2D eigenvalue weighted by atomic mass is 10.1. The van der Waals surface area contributed by atoms with Crippen molar-refractivity contribution < 1.29 is 14.3 Å². The molecule has 1 aliphatic heterocycles. The normalized spacial score (nSPS) is 14.0. The fourth-order valence-corrected chi connectivity index (χ4v) is 2.83. The van der Waals surface area contributed by atoms with Crippen molar-refractivity contribution in [1.82, 2.24) is 15.3 Å². The summed E-state index contributed by atoms with van der Waals surface area (Å²) >= 11 is 11.4. The van der Waals surface area contributed by atoms with Crippen molar-refractivity contribution in [3.63, 3.8) is 0 Å². The SMILES string of the molecule is CNC(=S)N1CCCN1C(=O)c1c(OC)ccc(Cl)c1OC. The lowest BCUT2D eigenvalue weighted by Crippen LogP contribution is -2.48. The fourth-order valence-electron chi connectivity index (χ4n) is 2.40. The number of nitrogens with zero attached hydrogens (tertiary/aromatic N) is 2. The standard InChI is InChI=1S/C14H18ClN3O3S/c1-16-14(22)18-8-4-7-17(18)13(19)11-10(20-2)6-5-9(15)12(11)21-3/h5-6H,4,7-8H2,1-3H3,(H,16,22). The number of methoxy groups -OCH3 is 2. The molecule has 0 aromatic heterocycles. The van der Waals surface area contributed by atoms with Gasteiger partial charge >= 0.3 is 0 Å². The highest BCUT2D eigenvalue weighted by atomic mass is 35.5. The molecule has 1 fully saturated rings. The van der Waals surface area contributed by atoms with Gasteiger partial charge in [-0.3, -0.25) is 9.80 Å². The molecule has 1 heterocycles. The number of carbonyl (C=O) groups excluding carboxylic acids is 1. The Labute approximate surface area is 139 Å². The smallest absolute Gasteiger partial charge is 0.280 e. The van der Waals surface area contributed by atoms with Crippen LogP contribution >= 0.6 is 23.8 Å². The molecule has 1 aromatic rings. The molecule has 8 heteroatoms. The second-order valence-electron chi connectivity index (χ2n) is 4.62. The van der Waals surface area contributed by atoms with Crippen LogP contribution in [0.15, 0.2) is 12.1 Å². The van der Waals surface area contributed by atoms with Crippen LogP contribution in [0.1, 0.15) is 16.8 Å². The zero-order valence-electron chi connectivity index (χ0n) is 12.7. The summed E-state index contributed by atoms with van der Waals surface area (Å²) in [5.41, 5.74) is 0.295. The molecule has 6 nitrogen and oxygen atoms in total. The molecule has 22 heavy (non-hydrogen) atoms. The third-order valence-electron chi connectivity index (χ3n) is 3.42. The van der Waals surface area contributed by atoms with E-state index in [4.69, 9.17) is 33.3 Å². The maximum Gasteiger partial charge on any atom is 0.280 e. The van der Waals surface area contributed by atoms with E-state index < -0.39 is 0 Å². The topological polar surface area (TPSA) is 54.0 Å². The van der Waals surface area contributed by atoms with Crippen molar-refractivity contribution in [2.45, 2.75) is 6.42 Å². The van der Waals surface area contributed by atoms with E-state index in [0.717, 1.165) is 6.42 Å². The van der Waals surface area contributed by atoms with Crippen LogP contribution in [-0.2, 0) is 0 Å². The zero-order valence-corrected chi connectivity index (χ0v) is 14.3. The van der Waals surface area contributed by atoms with E-state index in [1.165, 1.54) is 14.2 Å². The summed E-state index contributed by atoms with van der Waals surface area (Å²) in [5.74, 6) is 0.452. The average Bonchev–Trinajstić information content (AvgIpc) is 3.02. The van der Waals surface area contributed by atoms with Gasteiger partial charge in [0.05, 0.1) is 19.2 Å². The number of carbonyl (C=O) groups is 1. The first kappa shape index (κ1) is 16.6. The molecule has 0 radical (unpaired) electrons. The molecule has 120 valence electrons. The molecule has 0 bridgehead atoms. The molecule has 0 saturated carbocycles. The van der Waals surface area contributed by atoms with Crippen LogP contribution in [0, 0.1) is 0 Å². The Morgan fingerprint density at radius 2 is 1.95 bits per heavy atom. The Balaban J connectivity index is 2.44. The van der Waals surface area contributed by atoms with Crippen molar-refractivity contribution >= 4 is 34.8 Å². The Morgan fingerprint density at radius 3 is 2.55 bits per heavy atom. The van der Waals surface area contributed by atoms with Crippen LogP contribution in [-0.4, -0.2) is 55.4 Å². The molecular weight excluding hydrogens is 326 g/mol. The summed E-state index contributed by atoms with van der Waals surface area (Å²) in [4.78, 5) is 13.0. The number of nitrogens with one attached hydrogen (secondary N) is 1. The van der Waals surface area contributed by atoms with E-state index in [1.54, 1.807) is 29.2 Å². The molecule has 0 unspecified atom stereocenters. The predicted molar refractivity (Wildman–Crippen MR) is 88.6 cm³/mol. The van der Waals surface area contributed by atoms with Gasteiger partial charge in [0.1, 0.15) is 11.3 Å². The summed E-state index contributed by atoms with van der Waals surface area (Å²) in [7, 11) is 4.70. The summed E-state index contributed by atoms with van der Waals surface area (Å²) in [5, 5.41) is 7.05. The van der Waals surface area contributed by atoms with Crippen molar-refractivity contribution in [2.24, 2.45) is 0 Å². The van der Waals surface area contributed by atoms with Crippen molar-refractivity contribution in [3.8, 4) is 11.5 Å². The second kappa shape index (κ2) is 7.02. The lowest BCUT2D eigenvalue weighted by molar-refractivity contribution is 0.0486. The van der Waals surface area contributed by atoms with Gasteiger partial charge in [0.25, 0.3) is 5.91 Å². The van der Waals surface area contributed by atoms with Crippen molar-refractivity contribution in [2.75, 3.05) is 34.4 Å². The average molecular weight is 344 g/mol. The Kier molecular flexibility index (Phi) is 5.31. The fraction of sp³-hybridized carbons (Fsp3) is 0.429. The summed E-state index contributed by atoms with van der Waals surface area (Å²) < 4.78 is 10.6. The van der Waals surface area contributed by atoms with E-state index in [0.29, 0.717) is 40.3 Å². The number of hydrogen-bond acceptors (Lipinski definition) is 4. The minimum Gasteiger partial charge on any atom is -0.496 e. The van der Waals surface area contributed by atoms with Crippen LogP contribution < -0.4 is 14.8 Å². The zero-order chi connectivity index (χ0) is 16.3. The van der Waals surface area contributed by atoms with Gasteiger partial charge in [-0.15, -0.1) is 0 Å². The highest BCUT2D eigenvalue weighted by Gasteiger charge is 2.33. The molecule has 1 aliphatic rings. The first-order valence-corrected chi connectivity index (χ1v) is 7.55. The lowest BCUT2D eigenvalue weighted by Gasteiger charge is -2.30. The largest absolute Gasteiger partial charge is 0.496 e. The first-order chi connectivity index (χ1) is 10.5. The molecular formula is C14H18ClN3O3S. The monoisotopic (exact) mass is 343 g/mol. The van der Waals surface area contributed by atoms with Gasteiger partial charge in [-0.05, 0) is 30.8 Å². The molecule has 1 amide bonds. The van der Waals surface area contributed by atoms with Crippen molar-refractivity contribution in [1.29, 1.82) is 0 Å². The number of rotatable bonds is 3. The Hall–Kier alpha value is -1.73. The number of ether oxygens (including phenoxy) is 2. The highest BCUT2D eigenvalue weighted by Crippen LogP contribution is 2.36. The van der Waals surface area contributed by atoms with Gasteiger partial charge in [0, 0.05) is 20.1 Å². The van der Waals surface area contributed by atoms with E-state index >= 15 is 0 Å². The number of thiocarbonyl (C=S) groups is 1.